The maximum atomic E-state index is 11.5. The molecule has 0 saturated heterocycles. The van der Waals surface area contributed by atoms with Crippen LogP contribution in [0.5, 0.6) is 0 Å². The summed E-state index contributed by atoms with van der Waals surface area (Å²) in [7, 11) is 0. The van der Waals surface area contributed by atoms with E-state index in [1.807, 2.05) is 37.3 Å². The third-order valence-electron chi connectivity index (χ3n) is 2.56. The van der Waals surface area contributed by atoms with Crippen molar-refractivity contribution in [2.75, 3.05) is 6.61 Å². The van der Waals surface area contributed by atoms with Crippen molar-refractivity contribution in [3.8, 4) is 0 Å². The van der Waals surface area contributed by atoms with E-state index in [1.165, 1.54) is 0 Å². The van der Waals surface area contributed by atoms with Gasteiger partial charge in [-0.1, -0.05) is 43.7 Å². The van der Waals surface area contributed by atoms with Crippen LogP contribution in [0.15, 0.2) is 30.3 Å². The lowest BCUT2D eigenvalue weighted by molar-refractivity contribution is -0.142. The quantitative estimate of drug-likeness (QED) is 0.748. The first-order chi connectivity index (χ1) is 9.13. The Bertz CT molecular complexity index is 405. The van der Waals surface area contributed by atoms with E-state index >= 15 is 0 Å². The number of carboxylic acid groups (broad SMARTS) is 1. The van der Waals surface area contributed by atoms with E-state index in [2.05, 4.69) is 5.32 Å². The fourth-order valence-corrected chi connectivity index (χ4v) is 1.62. The molecular weight excluding hydrogens is 246 g/mol. The molecule has 1 aromatic carbocycles. The zero-order chi connectivity index (χ0) is 14.1. The van der Waals surface area contributed by atoms with E-state index in [0.717, 1.165) is 5.56 Å². The van der Waals surface area contributed by atoms with E-state index in [1.54, 1.807) is 0 Å². The monoisotopic (exact) mass is 265 g/mol. The molecular formula is C14H19NO4. The Morgan fingerprint density at radius 2 is 2.00 bits per heavy atom. The van der Waals surface area contributed by atoms with Gasteiger partial charge in [0, 0.05) is 0 Å². The zero-order valence-electron chi connectivity index (χ0n) is 11.0. The van der Waals surface area contributed by atoms with Gasteiger partial charge >= 0.3 is 5.97 Å². The Labute approximate surface area is 112 Å². The molecule has 0 aliphatic carbocycles. The first-order valence-corrected chi connectivity index (χ1v) is 6.27. The highest BCUT2D eigenvalue weighted by Crippen LogP contribution is 2.01. The van der Waals surface area contributed by atoms with Crippen LogP contribution in [0, 0.1) is 0 Å². The number of carboxylic acids is 1. The fraction of sp³-hybridized carbons (Fsp3) is 0.429. The number of aliphatic carboxylic acids is 1. The number of benzene rings is 1. The molecule has 1 aromatic rings. The minimum absolute atomic E-state index is 0.137. The largest absolute Gasteiger partial charge is 0.480 e. The van der Waals surface area contributed by atoms with Crippen molar-refractivity contribution in [1.29, 1.82) is 0 Å². The summed E-state index contributed by atoms with van der Waals surface area (Å²) in [5.74, 6) is -1.42. The molecule has 0 radical (unpaired) electrons. The van der Waals surface area contributed by atoms with Gasteiger partial charge in [0.1, 0.15) is 12.6 Å². The second kappa shape index (κ2) is 8.26. The second-order valence-electron chi connectivity index (χ2n) is 4.23. The number of ether oxygens (including phenoxy) is 1. The molecule has 0 unspecified atom stereocenters. The van der Waals surface area contributed by atoms with Gasteiger partial charge in [-0.2, -0.15) is 0 Å². The van der Waals surface area contributed by atoms with Crippen LogP contribution >= 0.6 is 0 Å². The molecule has 2 N–H and O–H groups in total. The van der Waals surface area contributed by atoms with Crippen molar-refractivity contribution in [3.63, 3.8) is 0 Å². The molecule has 1 amide bonds. The molecule has 5 nitrogen and oxygen atoms in total. The summed E-state index contributed by atoms with van der Waals surface area (Å²) >= 11 is 0. The van der Waals surface area contributed by atoms with Gasteiger partial charge in [-0.25, -0.2) is 4.79 Å². The van der Waals surface area contributed by atoms with Crippen molar-refractivity contribution >= 4 is 11.9 Å². The molecule has 5 heteroatoms. The van der Waals surface area contributed by atoms with Gasteiger partial charge < -0.3 is 15.2 Å². The minimum atomic E-state index is -1.02. The average Bonchev–Trinajstić information content (AvgIpc) is 2.39. The standard InChI is InChI=1S/C14H19NO4/c1-2-6-12(14(17)18)15-13(16)10-19-9-11-7-4-3-5-8-11/h3-5,7-8,12H,2,6,9-10H2,1H3,(H,15,16)(H,17,18)/t12-/m0/s1. The summed E-state index contributed by atoms with van der Waals surface area (Å²) in [5.41, 5.74) is 0.971. The first kappa shape index (κ1) is 15.2. The Morgan fingerprint density at radius 1 is 1.32 bits per heavy atom. The van der Waals surface area contributed by atoms with Gasteiger partial charge in [0.05, 0.1) is 6.61 Å². The molecule has 19 heavy (non-hydrogen) atoms. The third kappa shape index (κ3) is 6.01. The molecule has 0 saturated carbocycles. The van der Waals surface area contributed by atoms with Gasteiger partial charge in [-0.3, -0.25) is 4.79 Å². The SMILES string of the molecule is CCC[C@H](NC(=O)COCc1ccccc1)C(=O)O. The Balaban J connectivity index is 2.29. The smallest absolute Gasteiger partial charge is 0.326 e. The lowest BCUT2D eigenvalue weighted by Gasteiger charge is -2.13. The summed E-state index contributed by atoms with van der Waals surface area (Å²) < 4.78 is 5.24. The van der Waals surface area contributed by atoms with Crippen molar-refractivity contribution in [2.45, 2.75) is 32.4 Å². The second-order valence-corrected chi connectivity index (χ2v) is 4.23. The van der Waals surface area contributed by atoms with E-state index in [-0.39, 0.29) is 6.61 Å². The molecule has 0 spiro atoms. The molecule has 1 rings (SSSR count). The van der Waals surface area contributed by atoms with Gasteiger partial charge in [0.15, 0.2) is 0 Å². The predicted molar refractivity (Wildman–Crippen MR) is 70.6 cm³/mol. The summed E-state index contributed by atoms with van der Waals surface area (Å²) in [6.45, 7) is 2.07. The number of rotatable bonds is 8. The summed E-state index contributed by atoms with van der Waals surface area (Å²) in [6.07, 6.45) is 1.11. The van der Waals surface area contributed by atoms with Crippen LogP contribution in [0.1, 0.15) is 25.3 Å². The topological polar surface area (TPSA) is 75.6 Å². The average molecular weight is 265 g/mol. The highest BCUT2D eigenvalue weighted by molar-refractivity contribution is 5.84. The maximum absolute atomic E-state index is 11.5. The van der Waals surface area contributed by atoms with Crippen LogP contribution in [0.25, 0.3) is 0 Å². The van der Waals surface area contributed by atoms with Crippen molar-refractivity contribution in [3.05, 3.63) is 35.9 Å². The molecule has 1 atom stereocenters. The minimum Gasteiger partial charge on any atom is -0.480 e. The van der Waals surface area contributed by atoms with E-state index < -0.39 is 17.9 Å². The van der Waals surface area contributed by atoms with Crippen molar-refractivity contribution in [1.82, 2.24) is 5.32 Å². The maximum Gasteiger partial charge on any atom is 0.326 e. The van der Waals surface area contributed by atoms with E-state index in [0.29, 0.717) is 19.4 Å². The zero-order valence-corrected chi connectivity index (χ0v) is 11.0. The summed E-state index contributed by atoms with van der Waals surface area (Å²) in [5, 5.41) is 11.3. The van der Waals surface area contributed by atoms with Gasteiger partial charge in [-0.05, 0) is 12.0 Å². The number of nitrogens with one attached hydrogen (secondary N) is 1. The van der Waals surface area contributed by atoms with Crippen LogP contribution in [0.2, 0.25) is 0 Å². The van der Waals surface area contributed by atoms with Crippen molar-refractivity contribution in [2.24, 2.45) is 0 Å². The molecule has 0 bridgehead atoms. The van der Waals surface area contributed by atoms with Crippen molar-refractivity contribution < 1.29 is 19.4 Å². The van der Waals surface area contributed by atoms with Gasteiger partial charge in [0.2, 0.25) is 5.91 Å². The number of carbonyl (C=O) groups excluding carboxylic acids is 1. The summed E-state index contributed by atoms with van der Waals surface area (Å²) in [6, 6.07) is 8.64. The Kier molecular flexibility index (Phi) is 6.60. The highest BCUT2D eigenvalue weighted by atomic mass is 16.5. The normalized spacial score (nSPS) is 11.8. The number of hydrogen-bond acceptors (Lipinski definition) is 3. The van der Waals surface area contributed by atoms with Crippen LogP contribution in [0.4, 0.5) is 0 Å². The fourth-order valence-electron chi connectivity index (χ4n) is 1.62. The molecule has 0 fully saturated rings. The number of hydrogen-bond donors (Lipinski definition) is 2. The lowest BCUT2D eigenvalue weighted by atomic mass is 10.2. The van der Waals surface area contributed by atoms with Crippen LogP contribution in [0.3, 0.4) is 0 Å². The highest BCUT2D eigenvalue weighted by Gasteiger charge is 2.18. The summed E-state index contributed by atoms with van der Waals surface area (Å²) in [4.78, 5) is 22.4. The molecule has 0 heterocycles. The lowest BCUT2D eigenvalue weighted by Crippen LogP contribution is -2.42. The van der Waals surface area contributed by atoms with E-state index in [9.17, 15) is 9.59 Å². The van der Waals surface area contributed by atoms with Crippen LogP contribution in [-0.4, -0.2) is 29.6 Å². The molecule has 0 aliphatic heterocycles. The van der Waals surface area contributed by atoms with Crippen LogP contribution in [-0.2, 0) is 20.9 Å². The Morgan fingerprint density at radius 3 is 2.58 bits per heavy atom. The number of amides is 1. The molecule has 0 aromatic heterocycles. The third-order valence-corrected chi connectivity index (χ3v) is 2.56. The van der Waals surface area contributed by atoms with Crippen LogP contribution < -0.4 is 5.32 Å². The van der Waals surface area contributed by atoms with E-state index in [4.69, 9.17) is 9.84 Å². The molecule has 104 valence electrons. The predicted octanol–water partition coefficient (Wildman–Crippen LogP) is 1.57. The van der Waals surface area contributed by atoms with Gasteiger partial charge in [-0.15, -0.1) is 0 Å². The Hall–Kier alpha value is -1.88. The molecule has 0 aliphatic rings. The first-order valence-electron chi connectivity index (χ1n) is 6.27. The van der Waals surface area contributed by atoms with Gasteiger partial charge in [0.25, 0.3) is 0 Å². The number of carbonyl (C=O) groups is 2.